The van der Waals surface area contributed by atoms with Crippen LogP contribution in [0.5, 0.6) is 0 Å². The van der Waals surface area contributed by atoms with Crippen LogP contribution < -0.4 is 0 Å². The summed E-state index contributed by atoms with van der Waals surface area (Å²) in [5.74, 6) is 0.593. The molecule has 0 fully saturated rings. The molecule has 0 N–H and O–H groups in total. The highest BCUT2D eigenvalue weighted by Crippen LogP contribution is 1.94. The van der Waals surface area contributed by atoms with Crippen molar-refractivity contribution in [2.24, 2.45) is 7.05 Å². The summed E-state index contributed by atoms with van der Waals surface area (Å²) >= 11 is 0. The number of nitrogens with zero attached hydrogens (tertiary/aromatic N) is 7. The molecule has 0 aliphatic heterocycles. The van der Waals surface area contributed by atoms with Gasteiger partial charge >= 0.3 is 0 Å². The van der Waals surface area contributed by atoms with Gasteiger partial charge in [-0.15, -0.1) is 15.3 Å². The number of hydrogen-bond donors (Lipinski definition) is 0. The number of tetrazole rings is 1. The van der Waals surface area contributed by atoms with Crippen molar-refractivity contribution in [3.8, 4) is 5.95 Å². The first kappa shape index (κ1) is 5.96. The van der Waals surface area contributed by atoms with Crippen molar-refractivity contribution in [2.75, 3.05) is 0 Å². The molecule has 0 saturated carbocycles. The summed E-state index contributed by atoms with van der Waals surface area (Å²) in [4.78, 5) is 0. The van der Waals surface area contributed by atoms with E-state index in [0.29, 0.717) is 5.95 Å². The van der Waals surface area contributed by atoms with Crippen LogP contribution in [0.1, 0.15) is 0 Å². The van der Waals surface area contributed by atoms with E-state index in [1.807, 2.05) is 7.05 Å². The summed E-state index contributed by atoms with van der Waals surface area (Å²) in [7, 11) is 1.82. The Hall–Kier alpha value is -1.79. The first-order valence-electron chi connectivity index (χ1n) is 2.95. The molecule has 0 aliphatic rings. The second-order valence-electron chi connectivity index (χ2n) is 2.00. The molecule has 2 aromatic heterocycles. The minimum absolute atomic E-state index is 0.593. The van der Waals surface area contributed by atoms with Crippen molar-refractivity contribution in [1.29, 1.82) is 0 Å². The minimum Gasteiger partial charge on any atom is -0.301 e. The van der Waals surface area contributed by atoms with Crippen LogP contribution in [0.15, 0.2) is 12.7 Å². The predicted molar refractivity (Wildman–Crippen MR) is 33.7 cm³/mol. The molecule has 7 heteroatoms. The zero-order valence-electron chi connectivity index (χ0n) is 5.79. The summed E-state index contributed by atoms with van der Waals surface area (Å²) in [5.41, 5.74) is 0. The molecule has 0 aliphatic carbocycles. The Kier molecular flexibility index (Phi) is 1.14. The van der Waals surface area contributed by atoms with E-state index in [2.05, 4.69) is 25.7 Å². The average Bonchev–Trinajstić information content (AvgIpc) is 2.55. The summed E-state index contributed by atoms with van der Waals surface area (Å²) < 4.78 is 3.16. The third-order valence-corrected chi connectivity index (χ3v) is 1.24. The second kappa shape index (κ2) is 2.11. The molecule has 7 nitrogen and oxygen atoms in total. The van der Waals surface area contributed by atoms with Crippen LogP contribution in [0.4, 0.5) is 0 Å². The van der Waals surface area contributed by atoms with Gasteiger partial charge in [0.05, 0.1) is 0 Å². The van der Waals surface area contributed by atoms with E-state index in [0.717, 1.165) is 0 Å². The molecule has 56 valence electrons. The average molecular weight is 151 g/mol. The van der Waals surface area contributed by atoms with Crippen molar-refractivity contribution in [1.82, 2.24) is 35.0 Å². The zero-order valence-corrected chi connectivity index (χ0v) is 5.79. The van der Waals surface area contributed by atoms with E-state index in [1.165, 1.54) is 11.0 Å². The van der Waals surface area contributed by atoms with Gasteiger partial charge in [0.15, 0.2) is 0 Å². The molecule has 2 heterocycles. The fourth-order valence-electron chi connectivity index (χ4n) is 0.737. The van der Waals surface area contributed by atoms with Gasteiger partial charge in [0.25, 0.3) is 5.95 Å². The topological polar surface area (TPSA) is 74.3 Å². The van der Waals surface area contributed by atoms with Gasteiger partial charge < -0.3 is 4.57 Å². The van der Waals surface area contributed by atoms with Gasteiger partial charge in [0.1, 0.15) is 12.7 Å². The Morgan fingerprint density at radius 1 is 1.27 bits per heavy atom. The molecule has 2 rings (SSSR count). The highest BCUT2D eigenvalue weighted by molar-refractivity contribution is 5.03. The number of rotatable bonds is 1. The van der Waals surface area contributed by atoms with Crippen LogP contribution in [0.3, 0.4) is 0 Å². The van der Waals surface area contributed by atoms with Crippen LogP contribution in [0.25, 0.3) is 5.95 Å². The van der Waals surface area contributed by atoms with Gasteiger partial charge in [-0.1, -0.05) is 0 Å². The van der Waals surface area contributed by atoms with E-state index >= 15 is 0 Å². The monoisotopic (exact) mass is 151 g/mol. The molecule has 0 aromatic carbocycles. The zero-order chi connectivity index (χ0) is 7.68. The molecule has 0 atom stereocenters. The minimum atomic E-state index is 0.593. The number of hydrogen-bond acceptors (Lipinski definition) is 5. The van der Waals surface area contributed by atoms with Crippen LogP contribution in [0, 0.1) is 0 Å². The molecule has 0 amide bonds. The summed E-state index contributed by atoms with van der Waals surface area (Å²) in [6.45, 7) is 0. The van der Waals surface area contributed by atoms with Crippen molar-refractivity contribution in [2.45, 2.75) is 0 Å². The predicted octanol–water partition coefficient (Wildman–Crippen LogP) is -1.21. The van der Waals surface area contributed by atoms with Crippen molar-refractivity contribution in [3.63, 3.8) is 0 Å². The molecule has 0 bridgehead atoms. The van der Waals surface area contributed by atoms with Crippen LogP contribution in [-0.2, 0) is 7.05 Å². The molecular weight excluding hydrogens is 146 g/mol. The highest BCUT2D eigenvalue weighted by Gasteiger charge is 2.02. The Morgan fingerprint density at radius 3 is 2.73 bits per heavy atom. The lowest BCUT2D eigenvalue weighted by Crippen LogP contribution is -2.03. The summed E-state index contributed by atoms with van der Waals surface area (Å²) in [6, 6.07) is 0. The maximum atomic E-state index is 3.79. The Bertz CT molecular complexity index is 333. The van der Waals surface area contributed by atoms with Gasteiger partial charge in [-0.3, -0.25) is 0 Å². The van der Waals surface area contributed by atoms with Crippen LogP contribution in [0.2, 0.25) is 0 Å². The second-order valence-corrected chi connectivity index (χ2v) is 2.00. The highest BCUT2D eigenvalue weighted by atomic mass is 15.6. The van der Waals surface area contributed by atoms with Crippen molar-refractivity contribution >= 4 is 0 Å². The quantitative estimate of drug-likeness (QED) is 0.511. The standard InChI is InChI=1S/C4H5N7/c1-10-2-5-7-4(10)11-3-6-8-9-11/h2-3H,1H3. The van der Waals surface area contributed by atoms with Gasteiger partial charge in [0.2, 0.25) is 0 Å². The third kappa shape index (κ3) is 0.858. The fourth-order valence-corrected chi connectivity index (χ4v) is 0.737. The van der Waals surface area contributed by atoms with Crippen LogP contribution in [-0.4, -0.2) is 35.0 Å². The number of aryl methyl sites for hydroxylation is 1. The molecule has 0 radical (unpaired) electrons. The summed E-state index contributed by atoms with van der Waals surface area (Å²) in [6.07, 6.45) is 3.04. The molecular formula is C4H5N7. The van der Waals surface area contributed by atoms with Crippen molar-refractivity contribution < 1.29 is 0 Å². The van der Waals surface area contributed by atoms with E-state index in [9.17, 15) is 0 Å². The van der Waals surface area contributed by atoms with E-state index < -0.39 is 0 Å². The first-order chi connectivity index (χ1) is 5.38. The Balaban J connectivity index is 2.53. The van der Waals surface area contributed by atoms with Gasteiger partial charge in [-0.2, -0.15) is 4.68 Å². The molecule has 0 spiro atoms. The van der Waals surface area contributed by atoms with Gasteiger partial charge in [0, 0.05) is 7.05 Å². The van der Waals surface area contributed by atoms with E-state index in [4.69, 9.17) is 0 Å². The van der Waals surface area contributed by atoms with Crippen LogP contribution >= 0.6 is 0 Å². The SMILES string of the molecule is Cn1cnnc1-n1cnnn1. The summed E-state index contributed by atoms with van der Waals surface area (Å²) in [5, 5.41) is 18.1. The molecule has 2 aromatic rings. The lowest BCUT2D eigenvalue weighted by molar-refractivity contribution is 0.710. The fraction of sp³-hybridized carbons (Fsp3) is 0.250. The smallest absolute Gasteiger partial charge is 0.254 e. The van der Waals surface area contributed by atoms with Gasteiger partial charge in [-0.05, 0) is 10.4 Å². The third-order valence-electron chi connectivity index (χ3n) is 1.24. The Labute approximate surface area is 61.7 Å². The van der Waals surface area contributed by atoms with E-state index in [-0.39, 0.29) is 0 Å². The maximum Gasteiger partial charge on any atom is 0.254 e. The van der Waals surface area contributed by atoms with Gasteiger partial charge in [-0.25, -0.2) is 0 Å². The normalized spacial score (nSPS) is 10.3. The lowest BCUT2D eigenvalue weighted by Gasteiger charge is -1.94. The number of aromatic nitrogens is 7. The molecule has 0 unspecified atom stereocenters. The first-order valence-corrected chi connectivity index (χ1v) is 2.95. The molecule has 11 heavy (non-hydrogen) atoms. The largest absolute Gasteiger partial charge is 0.301 e. The van der Waals surface area contributed by atoms with Crippen molar-refractivity contribution in [3.05, 3.63) is 12.7 Å². The lowest BCUT2D eigenvalue weighted by atomic mass is 10.9. The molecule has 0 saturated heterocycles. The Morgan fingerprint density at radius 2 is 2.18 bits per heavy atom. The maximum absolute atomic E-state index is 3.79. The van der Waals surface area contributed by atoms with E-state index in [1.54, 1.807) is 10.9 Å².